The molecule has 0 radical (unpaired) electrons. The number of nitrogens with one attached hydrogen (secondary N) is 1. The van der Waals surface area contributed by atoms with Crippen LogP contribution in [0.2, 0.25) is 0 Å². The summed E-state index contributed by atoms with van der Waals surface area (Å²) in [6.07, 6.45) is 0. The second-order valence-electron chi connectivity index (χ2n) is 2.38. The molecule has 0 amide bonds. The van der Waals surface area contributed by atoms with Crippen LogP contribution in [0.1, 0.15) is 5.56 Å². The minimum Gasteiger partial charge on any atom is -0.258 e. The summed E-state index contributed by atoms with van der Waals surface area (Å²) >= 11 is 3.42. The lowest BCUT2D eigenvalue weighted by atomic mass is 10.2. The van der Waals surface area contributed by atoms with E-state index in [-0.39, 0.29) is 0 Å². The maximum absolute atomic E-state index is 3.94. The number of aryl methyl sites for hydroxylation is 1. The summed E-state index contributed by atoms with van der Waals surface area (Å²) in [4.78, 5) is 0. The Kier molecular flexibility index (Phi) is 1.42. The third-order valence-electron chi connectivity index (χ3n) is 1.69. The number of fused-ring (bicyclic) bond motifs is 1. The normalized spacial score (nSPS) is 10.7. The minimum atomic E-state index is 0.930. The van der Waals surface area contributed by atoms with Gasteiger partial charge in [-0.15, -0.1) is 5.10 Å². The molecule has 0 spiro atoms. The van der Waals surface area contributed by atoms with Crippen molar-refractivity contribution in [1.82, 2.24) is 15.4 Å². The van der Waals surface area contributed by atoms with Crippen molar-refractivity contribution in [2.45, 2.75) is 6.92 Å². The third-order valence-corrected chi connectivity index (χ3v) is 2.54. The highest BCUT2D eigenvalue weighted by molar-refractivity contribution is 9.10. The number of halogens is 1. The van der Waals surface area contributed by atoms with Crippen LogP contribution in [0, 0.1) is 6.92 Å². The molecule has 0 aliphatic rings. The maximum atomic E-state index is 3.94. The van der Waals surface area contributed by atoms with Gasteiger partial charge in [-0.1, -0.05) is 21.1 Å². The predicted molar refractivity (Wildman–Crippen MR) is 46.3 cm³/mol. The van der Waals surface area contributed by atoms with Gasteiger partial charge in [-0.3, -0.25) is 5.10 Å². The molecule has 1 aromatic heterocycles. The van der Waals surface area contributed by atoms with E-state index in [9.17, 15) is 0 Å². The largest absolute Gasteiger partial charge is 0.258 e. The Morgan fingerprint density at radius 3 is 3.09 bits per heavy atom. The molecule has 1 heterocycles. The number of aromatic amines is 1. The van der Waals surface area contributed by atoms with Crippen LogP contribution in [-0.4, -0.2) is 15.4 Å². The molecule has 1 aromatic carbocycles. The lowest BCUT2D eigenvalue weighted by molar-refractivity contribution is 0.958. The summed E-state index contributed by atoms with van der Waals surface area (Å²) in [5.41, 5.74) is 3.03. The zero-order valence-corrected chi connectivity index (χ0v) is 7.51. The molecule has 56 valence electrons. The Morgan fingerprint density at radius 2 is 2.27 bits per heavy atom. The van der Waals surface area contributed by atoms with Gasteiger partial charge in [0.25, 0.3) is 0 Å². The number of hydrogen-bond donors (Lipinski definition) is 1. The number of rotatable bonds is 0. The van der Waals surface area contributed by atoms with Gasteiger partial charge in [0.2, 0.25) is 0 Å². The minimum absolute atomic E-state index is 0.930. The van der Waals surface area contributed by atoms with Crippen LogP contribution in [0.4, 0.5) is 0 Å². The fourth-order valence-electron chi connectivity index (χ4n) is 1.02. The smallest absolute Gasteiger partial charge is 0.116 e. The lowest BCUT2D eigenvalue weighted by Crippen LogP contribution is -1.78. The molecule has 0 atom stereocenters. The van der Waals surface area contributed by atoms with Gasteiger partial charge in [-0.05, 0) is 24.6 Å². The van der Waals surface area contributed by atoms with Crippen LogP contribution < -0.4 is 0 Å². The number of benzene rings is 1. The Hall–Kier alpha value is -0.900. The van der Waals surface area contributed by atoms with Gasteiger partial charge in [-0.2, -0.15) is 0 Å². The Morgan fingerprint density at radius 1 is 1.45 bits per heavy atom. The molecule has 2 aromatic rings. The van der Waals surface area contributed by atoms with Crippen molar-refractivity contribution in [2.24, 2.45) is 0 Å². The van der Waals surface area contributed by atoms with E-state index < -0.39 is 0 Å². The molecular formula is C7H6BrN3. The first-order chi connectivity index (χ1) is 5.29. The van der Waals surface area contributed by atoms with E-state index in [2.05, 4.69) is 31.3 Å². The Labute approximate surface area is 71.9 Å². The number of nitrogens with zero attached hydrogens (tertiary/aromatic N) is 2. The molecule has 2 rings (SSSR count). The summed E-state index contributed by atoms with van der Waals surface area (Å²) in [6.45, 7) is 2.01. The van der Waals surface area contributed by atoms with Crippen molar-refractivity contribution in [3.8, 4) is 0 Å². The van der Waals surface area contributed by atoms with Crippen molar-refractivity contribution < 1.29 is 0 Å². The summed E-state index contributed by atoms with van der Waals surface area (Å²) in [6, 6.07) is 3.93. The topological polar surface area (TPSA) is 41.6 Å². The highest BCUT2D eigenvalue weighted by Crippen LogP contribution is 2.21. The molecule has 11 heavy (non-hydrogen) atoms. The van der Waals surface area contributed by atoms with Crippen molar-refractivity contribution in [2.75, 3.05) is 0 Å². The summed E-state index contributed by atoms with van der Waals surface area (Å²) < 4.78 is 1.07. The molecule has 4 heteroatoms. The van der Waals surface area contributed by atoms with Crippen molar-refractivity contribution >= 4 is 27.0 Å². The molecular weight excluding hydrogens is 206 g/mol. The average Bonchev–Trinajstić information content (AvgIpc) is 2.45. The zero-order valence-electron chi connectivity index (χ0n) is 5.93. The third kappa shape index (κ3) is 0.939. The van der Waals surface area contributed by atoms with E-state index in [1.807, 2.05) is 19.1 Å². The molecule has 0 saturated carbocycles. The monoisotopic (exact) mass is 211 g/mol. The van der Waals surface area contributed by atoms with Crippen LogP contribution in [0.15, 0.2) is 16.6 Å². The van der Waals surface area contributed by atoms with Crippen molar-refractivity contribution in [1.29, 1.82) is 0 Å². The van der Waals surface area contributed by atoms with Gasteiger partial charge in [-0.25, -0.2) is 0 Å². The summed E-state index contributed by atoms with van der Waals surface area (Å²) in [5, 5.41) is 10.5. The van der Waals surface area contributed by atoms with Gasteiger partial charge < -0.3 is 0 Å². The lowest BCUT2D eigenvalue weighted by Gasteiger charge is -1.95. The van der Waals surface area contributed by atoms with Gasteiger partial charge in [0.05, 0.1) is 5.52 Å². The average molecular weight is 212 g/mol. The van der Waals surface area contributed by atoms with Crippen molar-refractivity contribution in [3.05, 3.63) is 22.2 Å². The molecule has 0 fully saturated rings. The first kappa shape index (κ1) is 6.79. The summed E-state index contributed by atoms with van der Waals surface area (Å²) in [7, 11) is 0. The first-order valence-electron chi connectivity index (χ1n) is 3.25. The van der Waals surface area contributed by atoms with E-state index in [1.165, 1.54) is 0 Å². The van der Waals surface area contributed by atoms with E-state index in [1.54, 1.807) is 0 Å². The van der Waals surface area contributed by atoms with Gasteiger partial charge in [0, 0.05) is 4.47 Å². The molecule has 0 saturated heterocycles. The van der Waals surface area contributed by atoms with Gasteiger partial charge in [0.15, 0.2) is 0 Å². The van der Waals surface area contributed by atoms with Crippen LogP contribution >= 0.6 is 15.9 Å². The first-order valence-corrected chi connectivity index (χ1v) is 4.04. The van der Waals surface area contributed by atoms with E-state index in [4.69, 9.17) is 0 Å². The zero-order chi connectivity index (χ0) is 7.84. The number of H-pyrrole nitrogens is 1. The fourth-order valence-corrected chi connectivity index (χ4v) is 1.34. The highest BCUT2D eigenvalue weighted by atomic mass is 79.9. The van der Waals surface area contributed by atoms with Gasteiger partial charge >= 0.3 is 0 Å². The molecule has 0 aliphatic carbocycles. The number of aromatic nitrogens is 3. The van der Waals surface area contributed by atoms with E-state index in [0.29, 0.717) is 0 Å². The molecule has 3 nitrogen and oxygen atoms in total. The second-order valence-corrected chi connectivity index (χ2v) is 3.23. The predicted octanol–water partition coefficient (Wildman–Crippen LogP) is 2.03. The van der Waals surface area contributed by atoms with Crippen LogP contribution in [0.25, 0.3) is 11.0 Å². The molecule has 0 aliphatic heterocycles. The Bertz CT molecular complexity index is 393. The quantitative estimate of drug-likeness (QED) is 0.725. The van der Waals surface area contributed by atoms with E-state index in [0.717, 1.165) is 21.1 Å². The van der Waals surface area contributed by atoms with Crippen molar-refractivity contribution in [3.63, 3.8) is 0 Å². The molecule has 0 unspecified atom stereocenters. The van der Waals surface area contributed by atoms with E-state index >= 15 is 0 Å². The SMILES string of the molecule is Cc1c(Br)ccc2[nH]nnc12. The molecule has 1 N–H and O–H groups in total. The van der Waals surface area contributed by atoms with Gasteiger partial charge in [0.1, 0.15) is 5.52 Å². The Balaban J connectivity index is 2.93. The second kappa shape index (κ2) is 2.30. The number of hydrogen-bond acceptors (Lipinski definition) is 2. The van der Waals surface area contributed by atoms with Crippen LogP contribution in [-0.2, 0) is 0 Å². The molecule has 0 bridgehead atoms. The standard InChI is InChI=1S/C7H6BrN3/c1-4-5(8)2-3-6-7(4)10-11-9-6/h2-3H,1H3,(H,9,10,11). The highest BCUT2D eigenvalue weighted by Gasteiger charge is 2.02. The summed E-state index contributed by atoms with van der Waals surface area (Å²) in [5.74, 6) is 0. The van der Waals surface area contributed by atoms with Crippen LogP contribution in [0.3, 0.4) is 0 Å². The maximum Gasteiger partial charge on any atom is 0.116 e. The fraction of sp³-hybridized carbons (Fsp3) is 0.143. The van der Waals surface area contributed by atoms with Crippen LogP contribution in [0.5, 0.6) is 0 Å².